The topological polar surface area (TPSA) is 102 Å². The fraction of sp³-hybridized carbons (Fsp3) is 0.200. The minimum Gasteiger partial charge on any atom is -0.477 e. The van der Waals surface area contributed by atoms with Crippen LogP contribution in [0.5, 0.6) is 23.0 Å². The molecule has 224 valence electrons. The van der Waals surface area contributed by atoms with Gasteiger partial charge in [0.25, 0.3) is 0 Å². The number of para-hydroxylation sites is 1. The van der Waals surface area contributed by atoms with Gasteiger partial charge in [-0.2, -0.15) is 0 Å². The number of hydrogen-bond acceptors (Lipinski definition) is 6. The van der Waals surface area contributed by atoms with Gasteiger partial charge in [-0.15, -0.1) is 0 Å². The molecule has 0 atom stereocenters. The third kappa shape index (κ3) is 6.23. The number of aromatic carboxylic acids is 1. The molecule has 5 aromatic rings. The highest BCUT2D eigenvalue weighted by Crippen LogP contribution is 2.39. The fourth-order valence-corrected chi connectivity index (χ4v) is 5.39. The van der Waals surface area contributed by atoms with E-state index in [0.717, 1.165) is 23.2 Å². The normalized spacial score (nSPS) is 12.1. The zero-order valence-electron chi connectivity index (χ0n) is 24.6. The predicted octanol–water partition coefficient (Wildman–Crippen LogP) is 6.86. The van der Waals surface area contributed by atoms with Gasteiger partial charge < -0.3 is 34.1 Å². The molecule has 1 aliphatic heterocycles. The van der Waals surface area contributed by atoms with Crippen LogP contribution in [-0.4, -0.2) is 53.9 Å². The Bertz CT molecular complexity index is 1830. The van der Waals surface area contributed by atoms with Gasteiger partial charge in [0.15, 0.2) is 17.2 Å². The first kappa shape index (κ1) is 28.8. The maximum atomic E-state index is 13.0. The number of benzene rings is 4. The molecule has 0 bridgehead atoms. The van der Waals surface area contributed by atoms with E-state index in [1.165, 1.54) is 0 Å². The standard InChI is InChI=1S/C35H33N3O6/c1-37(2)17-7-12-32(39)36-33-28-15-13-24(25-14-16-30-31(20-25)43-22-42-30)19-29(28)38(34(33)35(40)41)21-23-8-6-11-27(18-23)44-26-9-4-3-5-10-26/h3-6,8-11,13-16,18-20H,7,12,17,21-22H2,1-2H3,(H,36,39)(H,40,41). The molecular formula is C35H33N3O6. The first-order valence-corrected chi connectivity index (χ1v) is 14.4. The summed E-state index contributed by atoms with van der Waals surface area (Å²) in [7, 11) is 3.90. The lowest BCUT2D eigenvalue weighted by Gasteiger charge is -2.12. The summed E-state index contributed by atoms with van der Waals surface area (Å²) < 4.78 is 18.8. The number of fused-ring (bicyclic) bond motifs is 2. The summed E-state index contributed by atoms with van der Waals surface area (Å²) in [4.78, 5) is 27.9. The van der Waals surface area contributed by atoms with Crippen molar-refractivity contribution in [3.05, 3.63) is 102 Å². The van der Waals surface area contributed by atoms with Crippen molar-refractivity contribution in [1.29, 1.82) is 0 Å². The van der Waals surface area contributed by atoms with Crippen LogP contribution in [0, 0.1) is 0 Å². The molecule has 0 radical (unpaired) electrons. The van der Waals surface area contributed by atoms with Gasteiger partial charge in [0.05, 0.1) is 11.2 Å². The maximum absolute atomic E-state index is 13.0. The highest BCUT2D eigenvalue weighted by molar-refractivity contribution is 6.11. The molecule has 9 heteroatoms. The number of rotatable bonds is 11. The van der Waals surface area contributed by atoms with Gasteiger partial charge >= 0.3 is 5.97 Å². The summed E-state index contributed by atoms with van der Waals surface area (Å²) in [6.45, 7) is 1.17. The van der Waals surface area contributed by atoms with Crippen LogP contribution in [0.25, 0.3) is 22.0 Å². The van der Waals surface area contributed by atoms with E-state index in [-0.39, 0.29) is 37.0 Å². The minimum atomic E-state index is -1.13. The molecule has 0 fully saturated rings. The Morgan fingerprint density at radius 3 is 2.43 bits per heavy atom. The van der Waals surface area contributed by atoms with Crippen LogP contribution < -0.4 is 19.5 Å². The Labute approximate surface area is 255 Å². The van der Waals surface area contributed by atoms with Crippen molar-refractivity contribution in [3.8, 4) is 34.1 Å². The number of hydrogen-bond donors (Lipinski definition) is 2. The van der Waals surface area contributed by atoms with Crippen LogP contribution in [0.15, 0.2) is 91.0 Å². The van der Waals surface area contributed by atoms with Gasteiger partial charge in [0, 0.05) is 18.4 Å². The van der Waals surface area contributed by atoms with Gasteiger partial charge in [-0.05, 0) is 86.2 Å². The SMILES string of the molecule is CN(C)CCCC(=O)Nc1c(C(=O)O)n(Cc2cccc(Oc3ccccc3)c2)c2cc(-c3ccc4c(c3)OCO4)ccc12. The zero-order chi connectivity index (χ0) is 30.6. The van der Waals surface area contributed by atoms with Crippen LogP contribution in [0.2, 0.25) is 0 Å². The van der Waals surface area contributed by atoms with Crippen LogP contribution >= 0.6 is 0 Å². The van der Waals surface area contributed by atoms with Crippen molar-refractivity contribution in [3.63, 3.8) is 0 Å². The first-order valence-electron chi connectivity index (χ1n) is 14.4. The summed E-state index contributed by atoms with van der Waals surface area (Å²) in [6, 6.07) is 28.5. The number of anilines is 1. The quantitative estimate of drug-likeness (QED) is 0.173. The van der Waals surface area contributed by atoms with Crippen molar-refractivity contribution in [1.82, 2.24) is 9.47 Å². The Kier molecular flexibility index (Phi) is 8.21. The molecule has 0 saturated heterocycles. The van der Waals surface area contributed by atoms with E-state index in [9.17, 15) is 14.7 Å². The number of amides is 1. The highest BCUT2D eigenvalue weighted by atomic mass is 16.7. The molecule has 2 N–H and O–H groups in total. The third-order valence-corrected chi connectivity index (χ3v) is 7.46. The molecular weight excluding hydrogens is 558 g/mol. The number of nitrogens with zero attached hydrogens (tertiary/aromatic N) is 2. The predicted molar refractivity (Wildman–Crippen MR) is 169 cm³/mol. The summed E-state index contributed by atoms with van der Waals surface area (Å²) in [6.07, 6.45) is 0.931. The summed E-state index contributed by atoms with van der Waals surface area (Å²) >= 11 is 0. The Hall–Kier alpha value is -5.28. The van der Waals surface area contributed by atoms with E-state index in [0.29, 0.717) is 40.3 Å². The van der Waals surface area contributed by atoms with Crippen LogP contribution in [0.1, 0.15) is 28.9 Å². The van der Waals surface area contributed by atoms with Gasteiger partial charge in [-0.1, -0.05) is 48.5 Å². The van der Waals surface area contributed by atoms with Crippen LogP contribution in [-0.2, 0) is 11.3 Å². The summed E-state index contributed by atoms with van der Waals surface area (Å²) in [5.74, 6) is 1.32. The van der Waals surface area contributed by atoms with Gasteiger partial charge in [-0.3, -0.25) is 4.79 Å². The average molecular weight is 592 g/mol. The lowest BCUT2D eigenvalue weighted by Crippen LogP contribution is -2.19. The molecule has 6 rings (SSSR count). The monoisotopic (exact) mass is 591 g/mol. The summed E-state index contributed by atoms with van der Waals surface area (Å²) in [5, 5.41) is 14.1. The first-order chi connectivity index (χ1) is 21.4. The van der Waals surface area contributed by atoms with Gasteiger partial charge in [-0.25, -0.2) is 4.79 Å². The second-order valence-corrected chi connectivity index (χ2v) is 10.9. The average Bonchev–Trinajstić information content (AvgIpc) is 3.59. The number of nitrogens with one attached hydrogen (secondary N) is 1. The van der Waals surface area contributed by atoms with Crippen molar-refractivity contribution < 1.29 is 28.9 Å². The molecule has 0 unspecified atom stereocenters. The molecule has 2 heterocycles. The Morgan fingerprint density at radius 2 is 1.64 bits per heavy atom. The summed E-state index contributed by atoms with van der Waals surface area (Å²) in [5.41, 5.74) is 3.59. The lowest BCUT2D eigenvalue weighted by molar-refractivity contribution is -0.116. The molecule has 44 heavy (non-hydrogen) atoms. The smallest absolute Gasteiger partial charge is 0.354 e. The van der Waals surface area contributed by atoms with E-state index in [2.05, 4.69) is 5.32 Å². The molecule has 1 aliphatic rings. The van der Waals surface area contributed by atoms with Gasteiger partial charge in [0.2, 0.25) is 12.7 Å². The van der Waals surface area contributed by atoms with E-state index in [1.54, 1.807) is 4.57 Å². The molecule has 1 amide bonds. The lowest BCUT2D eigenvalue weighted by atomic mass is 10.0. The number of carbonyl (C=O) groups excluding carboxylic acids is 1. The minimum absolute atomic E-state index is 0.0122. The number of ether oxygens (including phenoxy) is 3. The van der Waals surface area contributed by atoms with E-state index >= 15 is 0 Å². The number of carbonyl (C=O) groups is 2. The van der Waals surface area contributed by atoms with Crippen molar-refractivity contribution in [2.75, 3.05) is 32.7 Å². The Morgan fingerprint density at radius 1 is 0.886 bits per heavy atom. The largest absolute Gasteiger partial charge is 0.477 e. The maximum Gasteiger partial charge on any atom is 0.354 e. The number of carboxylic acid groups (broad SMARTS) is 1. The Balaban J connectivity index is 1.41. The highest BCUT2D eigenvalue weighted by Gasteiger charge is 2.25. The molecule has 9 nitrogen and oxygen atoms in total. The van der Waals surface area contributed by atoms with Crippen molar-refractivity contribution in [2.24, 2.45) is 0 Å². The van der Waals surface area contributed by atoms with Crippen LogP contribution in [0.4, 0.5) is 5.69 Å². The molecule has 0 spiro atoms. The fourth-order valence-electron chi connectivity index (χ4n) is 5.39. The second-order valence-electron chi connectivity index (χ2n) is 10.9. The van der Waals surface area contributed by atoms with E-state index < -0.39 is 5.97 Å². The van der Waals surface area contributed by atoms with E-state index in [4.69, 9.17) is 14.2 Å². The second kappa shape index (κ2) is 12.5. The zero-order valence-corrected chi connectivity index (χ0v) is 24.6. The molecule has 4 aromatic carbocycles. The molecule has 0 aliphatic carbocycles. The molecule has 0 saturated carbocycles. The van der Waals surface area contributed by atoms with Crippen molar-refractivity contribution >= 4 is 28.5 Å². The molecule has 1 aromatic heterocycles. The van der Waals surface area contributed by atoms with Crippen LogP contribution in [0.3, 0.4) is 0 Å². The third-order valence-electron chi connectivity index (χ3n) is 7.46. The number of aromatic nitrogens is 1. The van der Waals surface area contributed by atoms with E-state index in [1.807, 2.05) is 110 Å². The van der Waals surface area contributed by atoms with Gasteiger partial charge in [0.1, 0.15) is 11.5 Å². The number of carboxylic acids is 1. The van der Waals surface area contributed by atoms with Crippen molar-refractivity contribution in [2.45, 2.75) is 19.4 Å².